The predicted molar refractivity (Wildman–Crippen MR) is 51.1 cm³/mol. The van der Waals surface area contributed by atoms with Crippen LogP contribution in [0.4, 0.5) is 0 Å². The van der Waals surface area contributed by atoms with Crippen molar-refractivity contribution in [3.63, 3.8) is 0 Å². The topological polar surface area (TPSA) is 62.1 Å². The van der Waals surface area contributed by atoms with E-state index in [9.17, 15) is 4.79 Å². The Morgan fingerprint density at radius 3 is 2.93 bits per heavy atom. The Bertz CT molecular complexity index is 281. The first kappa shape index (κ1) is 10.6. The molecule has 0 unspecified atom stereocenters. The van der Waals surface area contributed by atoms with Crippen LogP contribution in [0.25, 0.3) is 0 Å². The van der Waals surface area contributed by atoms with Gasteiger partial charge in [-0.25, -0.2) is 4.79 Å². The van der Waals surface area contributed by atoms with Gasteiger partial charge in [-0.3, -0.25) is 0 Å². The zero-order valence-corrected chi connectivity index (χ0v) is 8.30. The van der Waals surface area contributed by atoms with Crippen molar-refractivity contribution < 1.29 is 9.53 Å². The Labute approximate surface area is 83.5 Å². The average molecular weight is 194 g/mol. The second-order valence-electron chi connectivity index (χ2n) is 3.07. The zero-order chi connectivity index (χ0) is 10.4. The van der Waals surface area contributed by atoms with Crippen LogP contribution in [0.15, 0.2) is 11.3 Å². The molecule has 1 aliphatic heterocycles. The van der Waals surface area contributed by atoms with E-state index in [-0.39, 0.29) is 5.57 Å². The smallest absolute Gasteiger partial charge is 0.350 e. The summed E-state index contributed by atoms with van der Waals surface area (Å²) >= 11 is 0. The molecule has 4 heteroatoms. The number of nitrogens with zero attached hydrogens (tertiary/aromatic N) is 1. The molecule has 1 aliphatic rings. The number of piperidine rings is 1. The van der Waals surface area contributed by atoms with E-state index < -0.39 is 5.97 Å². The first-order valence-corrected chi connectivity index (χ1v) is 4.83. The molecule has 0 aromatic carbocycles. The van der Waals surface area contributed by atoms with Gasteiger partial charge in [-0.1, -0.05) is 0 Å². The highest BCUT2D eigenvalue weighted by Crippen LogP contribution is 2.15. The highest BCUT2D eigenvalue weighted by Gasteiger charge is 2.17. The molecule has 4 nitrogen and oxygen atoms in total. The average Bonchev–Trinajstić information content (AvgIpc) is 2.21. The number of carbonyl (C=O) groups excluding carboxylic acids is 1. The van der Waals surface area contributed by atoms with Gasteiger partial charge in [0.25, 0.3) is 0 Å². The fourth-order valence-electron chi connectivity index (χ4n) is 1.41. The lowest BCUT2D eigenvalue weighted by atomic mass is 10.1. The highest BCUT2D eigenvalue weighted by atomic mass is 16.5. The van der Waals surface area contributed by atoms with Crippen LogP contribution in [-0.2, 0) is 9.53 Å². The molecular weight excluding hydrogens is 180 g/mol. The fourth-order valence-corrected chi connectivity index (χ4v) is 1.41. The van der Waals surface area contributed by atoms with Gasteiger partial charge in [-0.05, 0) is 26.2 Å². The Balaban J connectivity index is 2.77. The van der Waals surface area contributed by atoms with Crippen molar-refractivity contribution in [2.24, 2.45) is 0 Å². The second kappa shape index (κ2) is 5.28. The molecule has 1 fully saturated rings. The maximum atomic E-state index is 11.3. The molecule has 0 aromatic rings. The third-order valence-corrected chi connectivity index (χ3v) is 2.09. The molecular formula is C10H14N2O2. The lowest BCUT2D eigenvalue weighted by Gasteiger charge is -2.17. The van der Waals surface area contributed by atoms with E-state index in [4.69, 9.17) is 10.00 Å². The van der Waals surface area contributed by atoms with E-state index >= 15 is 0 Å². The number of nitriles is 1. The lowest BCUT2D eigenvalue weighted by Crippen LogP contribution is -2.24. The SMILES string of the molecule is CCOC(=O)/C(C#N)=C1/CCCCN1. The van der Waals surface area contributed by atoms with Gasteiger partial charge in [0.2, 0.25) is 0 Å². The van der Waals surface area contributed by atoms with E-state index in [1.165, 1.54) is 0 Å². The second-order valence-corrected chi connectivity index (χ2v) is 3.07. The first-order chi connectivity index (χ1) is 6.79. The summed E-state index contributed by atoms with van der Waals surface area (Å²) in [6, 6.07) is 1.90. The van der Waals surface area contributed by atoms with Gasteiger partial charge in [0.1, 0.15) is 6.07 Å². The molecule has 0 aliphatic carbocycles. The van der Waals surface area contributed by atoms with Gasteiger partial charge >= 0.3 is 5.97 Å². The van der Waals surface area contributed by atoms with Crippen molar-refractivity contribution in [3.05, 3.63) is 11.3 Å². The van der Waals surface area contributed by atoms with Gasteiger partial charge in [0.05, 0.1) is 6.61 Å². The number of ether oxygens (including phenoxy) is 1. The van der Waals surface area contributed by atoms with E-state index in [2.05, 4.69) is 5.32 Å². The molecule has 0 spiro atoms. The van der Waals surface area contributed by atoms with E-state index in [1.807, 2.05) is 6.07 Å². The van der Waals surface area contributed by atoms with Crippen molar-refractivity contribution in [3.8, 4) is 6.07 Å². The summed E-state index contributed by atoms with van der Waals surface area (Å²) in [6.45, 7) is 2.86. The summed E-state index contributed by atoms with van der Waals surface area (Å²) in [7, 11) is 0. The molecule has 0 aromatic heterocycles. The molecule has 0 radical (unpaired) electrons. The maximum absolute atomic E-state index is 11.3. The maximum Gasteiger partial charge on any atom is 0.350 e. The Morgan fingerprint density at radius 2 is 2.43 bits per heavy atom. The Kier molecular flexibility index (Phi) is 3.99. The highest BCUT2D eigenvalue weighted by molar-refractivity contribution is 5.93. The molecule has 14 heavy (non-hydrogen) atoms. The quantitative estimate of drug-likeness (QED) is 0.406. The lowest BCUT2D eigenvalue weighted by molar-refractivity contribution is -0.138. The van der Waals surface area contributed by atoms with Gasteiger partial charge in [-0.15, -0.1) is 0 Å². The molecule has 0 saturated carbocycles. The Morgan fingerprint density at radius 1 is 1.64 bits per heavy atom. The van der Waals surface area contributed by atoms with Crippen molar-refractivity contribution in [2.75, 3.05) is 13.2 Å². The van der Waals surface area contributed by atoms with Crippen molar-refractivity contribution >= 4 is 5.97 Å². The monoisotopic (exact) mass is 194 g/mol. The van der Waals surface area contributed by atoms with Crippen LogP contribution < -0.4 is 5.32 Å². The molecule has 0 atom stereocenters. The molecule has 0 amide bonds. The van der Waals surface area contributed by atoms with Gasteiger partial charge in [0, 0.05) is 12.2 Å². The predicted octanol–water partition coefficient (Wildman–Crippen LogP) is 1.10. The van der Waals surface area contributed by atoms with Crippen molar-refractivity contribution in [2.45, 2.75) is 26.2 Å². The summed E-state index contributed by atoms with van der Waals surface area (Å²) in [5, 5.41) is 11.9. The summed E-state index contributed by atoms with van der Waals surface area (Å²) in [5.74, 6) is -0.514. The van der Waals surface area contributed by atoms with E-state index in [0.717, 1.165) is 31.5 Å². The van der Waals surface area contributed by atoms with Crippen LogP contribution in [0.1, 0.15) is 26.2 Å². The summed E-state index contributed by atoms with van der Waals surface area (Å²) in [4.78, 5) is 11.3. The number of allylic oxidation sites excluding steroid dienone is 1. The number of rotatable bonds is 2. The standard InChI is InChI=1S/C10H14N2O2/c1-2-14-10(13)8(7-11)9-5-3-4-6-12-9/h12H,2-6H2,1H3/b9-8-. The molecule has 1 rings (SSSR count). The molecule has 1 saturated heterocycles. The minimum atomic E-state index is -0.514. The van der Waals surface area contributed by atoms with Crippen LogP contribution in [0.3, 0.4) is 0 Å². The summed E-state index contributed by atoms with van der Waals surface area (Å²) in [6.07, 6.45) is 2.87. The molecule has 1 heterocycles. The van der Waals surface area contributed by atoms with Crippen LogP contribution in [0.2, 0.25) is 0 Å². The number of nitrogens with one attached hydrogen (secondary N) is 1. The summed E-state index contributed by atoms with van der Waals surface area (Å²) in [5.41, 5.74) is 0.865. The third-order valence-electron chi connectivity index (χ3n) is 2.09. The van der Waals surface area contributed by atoms with Crippen LogP contribution in [0, 0.1) is 11.3 Å². The Hall–Kier alpha value is -1.50. The first-order valence-electron chi connectivity index (χ1n) is 4.83. The zero-order valence-electron chi connectivity index (χ0n) is 8.30. The summed E-state index contributed by atoms with van der Waals surface area (Å²) < 4.78 is 4.79. The van der Waals surface area contributed by atoms with Gasteiger partial charge in [0.15, 0.2) is 5.57 Å². The van der Waals surface area contributed by atoms with E-state index in [1.54, 1.807) is 6.92 Å². The largest absolute Gasteiger partial charge is 0.462 e. The van der Waals surface area contributed by atoms with Gasteiger partial charge < -0.3 is 10.1 Å². The van der Waals surface area contributed by atoms with Crippen LogP contribution >= 0.6 is 0 Å². The number of esters is 1. The minimum absolute atomic E-state index is 0.131. The number of carbonyl (C=O) groups is 1. The number of hydrogen-bond donors (Lipinski definition) is 1. The normalized spacial score (nSPS) is 19.1. The fraction of sp³-hybridized carbons (Fsp3) is 0.600. The molecule has 76 valence electrons. The van der Waals surface area contributed by atoms with E-state index in [0.29, 0.717) is 6.61 Å². The molecule has 0 bridgehead atoms. The number of hydrogen-bond acceptors (Lipinski definition) is 4. The van der Waals surface area contributed by atoms with Crippen molar-refractivity contribution in [1.82, 2.24) is 5.32 Å². The minimum Gasteiger partial charge on any atom is -0.462 e. The van der Waals surface area contributed by atoms with Crippen molar-refractivity contribution in [1.29, 1.82) is 5.26 Å². The van der Waals surface area contributed by atoms with Crippen LogP contribution in [0.5, 0.6) is 0 Å². The van der Waals surface area contributed by atoms with Crippen LogP contribution in [-0.4, -0.2) is 19.1 Å². The molecule has 1 N–H and O–H groups in total. The van der Waals surface area contributed by atoms with Gasteiger partial charge in [-0.2, -0.15) is 5.26 Å². The third kappa shape index (κ3) is 2.49.